The third-order valence-corrected chi connectivity index (χ3v) is 6.44. The second-order valence-electron chi connectivity index (χ2n) is 6.41. The van der Waals surface area contributed by atoms with Crippen LogP contribution in [0.25, 0.3) is 0 Å². The molecule has 0 atom stereocenters. The zero-order valence-electron chi connectivity index (χ0n) is 15.6. The van der Waals surface area contributed by atoms with Gasteiger partial charge in [0.1, 0.15) is 5.82 Å². The van der Waals surface area contributed by atoms with Crippen LogP contribution in [0.5, 0.6) is 0 Å². The predicted molar refractivity (Wildman–Crippen MR) is 116 cm³/mol. The minimum Gasteiger partial charge on any atom is -0.325 e. The smallest absolute Gasteiger partial charge is 0.243 e. The van der Waals surface area contributed by atoms with Crippen LogP contribution in [0.1, 0.15) is 5.56 Å². The van der Waals surface area contributed by atoms with Gasteiger partial charge in [-0.3, -0.25) is 4.79 Å². The van der Waals surface area contributed by atoms with Crippen LogP contribution in [0.2, 0.25) is 10.0 Å². The Morgan fingerprint density at radius 3 is 2.23 bits per heavy atom. The highest BCUT2D eigenvalue weighted by atomic mass is 35.5. The number of nitrogens with one attached hydrogen (secondary N) is 1. The van der Waals surface area contributed by atoms with Gasteiger partial charge in [-0.15, -0.1) is 0 Å². The zero-order valence-corrected chi connectivity index (χ0v) is 17.9. The van der Waals surface area contributed by atoms with Crippen molar-refractivity contribution in [3.63, 3.8) is 0 Å². The Morgan fingerprint density at radius 2 is 1.60 bits per heavy atom. The van der Waals surface area contributed by atoms with Crippen LogP contribution >= 0.6 is 23.2 Å². The van der Waals surface area contributed by atoms with Crippen molar-refractivity contribution in [1.82, 2.24) is 4.31 Å². The number of hydrogen-bond donors (Lipinski definition) is 1. The first-order valence-corrected chi connectivity index (χ1v) is 11.0. The molecule has 3 aromatic carbocycles. The first kappa shape index (κ1) is 22.2. The lowest BCUT2D eigenvalue weighted by molar-refractivity contribution is -0.116. The first-order valence-electron chi connectivity index (χ1n) is 8.79. The van der Waals surface area contributed by atoms with Crippen molar-refractivity contribution in [2.75, 3.05) is 11.9 Å². The molecular weight excluding hydrogens is 450 g/mol. The number of hydrogen-bond acceptors (Lipinski definition) is 3. The number of carbonyl (C=O) groups is 1. The van der Waals surface area contributed by atoms with Crippen molar-refractivity contribution in [3.05, 3.63) is 94.2 Å². The molecule has 5 nitrogen and oxygen atoms in total. The van der Waals surface area contributed by atoms with Gasteiger partial charge in [-0.25, -0.2) is 12.8 Å². The normalized spacial score (nSPS) is 11.5. The van der Waals surface area contributed by atoms with E-state index in [2.05, 4.69) is 5.32 Å². The summed E-state index contributed by atoms with van der Waals surface area (Å²) in [5, 5.41) is 3.41. The monoisotopic (exact) mass is 466 g/mol. The van der Waals surface area contributed by atoms with Gasteiger partial charge in [-0.2, -0.15) is 4.31 Å². The Kier molecular flexibility index (Phi) is 7.10. The Hall–Kier alpha value is -2.45. The highest BCUT2D eigenvalue weighted by Gasteiger charge is 2.27. The van der Waals surface area contributed by atoms with Gasteiger partial charge in [-0.1, -0.05) is 35.3 Å². The van der Waals surface area contributed by atoms with E-state index in [4.69, 9.17) is 23.2 Å². The number of rotatable bonds is 7. The van der Waals surface area contributed by atoms with Gasteiger partial charge in [0.25, 0.3) is 0 Å². The molecule has 0 aliphatic carbocycles. The number of amides is 1. The molecule has 0 saturated heterocycles. The molecule has 0 aliphatic rings. The molecule has 0 spiro atoms. The zero-order chi connectivity index (χ0) is 21.7. The summed E-state index contributed by atoms with van der Waals surface area (Å²) < 4.78 is 40.5. The number of halogens is 3. The maximum absolute atomic E-state index is 13.2. The van der Waals surface area contributed by atoms with E-state index in [-0.39, 0.29) is 11.4 Å². The van der Waals surface area contributed by atoms with E-state index in [0.29, 0.717) is 21.3 Å². The topological polar surface area (TPSA) is 66.5 Å². The van der Waals surface area contributed by atoms with Gasteiger partial charge < -0.3 is 5.32 Å². The van der Waals surface area contributed by atoms with Gasteiger partial charge in [0.05, 0.1) is 11.4 Å². The minimum absolute atomic E-state index is 0.00325. The number of nitrogens with zero attached hydrogens (tertiary/aromatic N) is 1. The summed E-state index contributed by atoms with van der Waals surface area (Å²) in [6.45, 7) is -0.517. The van der Waals surface area contributed by atoms with E-state index in [1.54, 1.807) is 24.3 Å². The van der Waals surface area contributed by atoms with Crippen molar-refractivity contribution >= 4 is 44.8 Å². The van der Waals surface area contributed by atoms with Gasteiger partial charge in [0.2, 0.25) is 15.9 Å². The van der Waals surface area contributed by atoms with E-state index in [0.717, 1.165) is 4.31 Å². The first-order chi connectivity index (χ1) is 14.2. The second kappa shape index (κ2) is 9.57. The molecule has 1 amide bonds. The number of anilines is 1. The number of sulfonamides is 1. The van der Waals surface area contributed by atoms with Crippen LogP contribution in [0, 0.1) is 5.82 Å². The van der Waals surface area contributed by atoms with E-state index in [1.807, 2.05) is 0 Å². The summed E-state index contributed by atoms with van der Waals surface area (Å²) in [4.78, 5) is 12.5. The summed E-state index contributed by atoms with van der Waals surface area (Å²) in [7, 11) is -4.01. The molecule has 0 saturated carbocycles. The lowest BCUT2D eigenvalue weighted by Crippen LogP contribution is -2.37. The molecule has 3 aromatic rings. The van der Waals surface area contributed by atoms with Crippen LogP contribution in [-0.2, 0) is 21.4 Å². The molecule has 30 heavy (non-hydrogen) atoms. The largest absolute Gasteiger partial charge is 0.325 e. The molecule has 3 rings (SSSR count). The molecule has 1 N–H and O–H groups in total. The molecule has 0 aliphatic heterocycles. The van der Waals surface area contributed by atoms with E-state index in [9.17, 15) is 17.6 Å². The van der Waals surface area contributed by atoms with Gasteiger partial charge in [-0.05, 0) is 66.2 Å². The Balaban J connectivity index is 1.87. The molecule has 0 bridgehead atoms. The van der Waals surface area contributed by atoms with Crippen LogP contribution in [0.15, 0.2) is 77.7 Å². The van der Waals surface area contributed by atoms with Gasteiger partial charge in [0, 0.05) is 22.3 Å². The summed E-state index contributed by atoms with van der Waals surface area (Å²) in [5.74, 6) is -1.01. The van der Waals surface area contributed by atoms with Crippen molar-refractivity contribution in [2.45, 2.75) is 11.4 Å². The molecule has 0 fully saturated rings. The Morgan fingerprint density at radius 1 is 0.933 bits per heavy atom. The number of benzene rings is 3. The average Bonchev–Trinajstić information content (AvgIpc) is 2.69. The van der Waals surface area contributed by atoms with Gasteiger partial charge >= 0.3 is 0 Å². The van der Waals surface area contributed by atoms with Crippen LogP contribution < -0.4 is 5.32 Å². The molecular formula is C21H17Cl2FN2O3S. The summed E-state index contributed by atoms with van der Waals surface area (Å²) in [6, 6.07) is 17.6. The third-order valence-electron chi connectivity index (χ3n) is 4.15. The predicted octanol–water partition coefficient (Wildman–Crippen LogP) is 4.96. The molecule has 0 unspecified atom stereocenters. The lowest BCUT2D eigenvalue weighted by Gasteiger charge is -2.22. The summed E-state index contributed by atoms with van der Waals surface area (Å²) in [6.07, 6.45) is 0. The SMILES string of the molecule is O=C(CN(Cc1cccc(Cl)c1)S(=O)(=O)c1ccc(Cl)cc1)Nc1ccc(F)cc1. The van der Waals surface area contributed by atoms with Crippen LogP contribution in [0.4, 0.5) is 10.1 Å². The van der Waals surface area contributed by atoms with Gasteiger partial charge in [0.15, 0.2) is 0 Å². The van der Waals surface area contributed by atoms with Crippen molar-refractivity contribution < 1.29 is 17.6 Å². The van der Waals surface area contributed by atoms with Crippen molar-refractivity contribution in [2.24, 2.45) is 0 Å². The third kappa shape index (κ3) is 5.79. The molecule has 0 heterocycles. The molecule has 9 heteroatoms. The molecule has 156 valence electrons. The van der Waals surface area contributed by atoms with E-state index < -0.39 is 28.3 Å². The molecule has 0 aromatic heterocycles. The highest BCUT2D eigenvalue weighted by Crippen LogP contribution is 2.22. The fourth-order valence-corrected chi connectivity index (χ4v) is 4.44. The Labute approximate surface area is 184 Å². The maximum atomic E-state index is 13.2. The highest BCUT2D eigenvalue weighted by molar-refractivity contribution is 7.89. The fourth-order valence-electron chi connectivity index (χ4n) is 2.71. The van der Waals surface area contributed by atoms with Crippen LogP contribution in [-0.4, -0.2) is 25.2 Å². The molecule has 0 radical (unpaired) electrons. The summed E-state index contributed by atoms with van der Waals surface area (Å²) >= 11 is 11.9. The Bertz CT molecular complexity index is 1140. The minimum atomic E-state index is -4.01. The summed E-state index contributed by atoms with van der Waals surface area (Å²) in [5.41, 5.74) is 0.975. The second-order valence-corrected chi connectivity index (χ2v) is 9.22. The van der Waals surface area contributed by atoms with E-state index >= 15 is 0 Å². The van der Waals surface area contributed by atoms with E-state index in [1.165, 1.54) is 48.5 Å². The van der Waals surface area contributed by atoms with Crippen LogP contribution in [0.3, 0.4) is 0 Å². The van der Waals surface area contributed by atoms with Crippen molar-refractivity contribution in [1.29, 1.82) is 0 Å². The lowest BCUT2D eigenvalue weighted by atomic mass is 10.2. The fraction of sp³-hybridized carbons (Fsp3) is 0.0952. The van der Waals surface area contributed by atoms with Crippen molar-refractivity contribution in [3.8, 4) is 0 Å². The number of carbonyl (C=O) groups excluding carboxylic acids is 1. The standard InChI is InChI=1S/C21H17Cl2FN2O3S/c22-16-4-10-20(11-5-16)30(28,29)26(13-15-2-1-3-17(23)12-15)14-21(27)25-19-8-6-18(24)7-9-19/h1-12H,13-14H2,(H,25,27). The maximum Gasteiger partial charge on any atom is 0.243 e. The quantitative estimate of drug-likeness (QED) is 0.534. The average molecular weight is 467 g/mol.